The zero-order valence-electron chi connectivity index (χ0n) is 13.1. The number of rotatable bonds is 9. The van der Waals surface area contributed by atoms with Crippen LogP contribution in [0.5, 0.6) is 0 Å². The van der Waals surface area contributed by atoms with Gasteiger partial charge in [0.1, 0.15) is 12.1 Å². The van der Waals surface area contributed by atoms with Gasteiger partial charge in [0.05, 0.1) is 5.69 Å². The van der Waals surface area contributed by atoms with Crippen LogP contribution in [0.3, 0.4) is 0 Å². The number of halogens is 1. The molecule has 1 amide bonds. The quantitative estimate of drug-likeness (QED) is 0.688. The van der Waals surface area contributed by atoms with Crippen LogP contribution in [0.25, 0.3) is 11.5 Å². The molecular formula is C17H19FN2O4. The number of hydrogen-bond donors (Lipinski definition) is 2. The molecule has 1 aromatic heterocycles. The second kappa shape index (κ2) is 8.81. The third-order valence-corrected chi connectivity index (χ3v) is 3.39. The maximum absolute atomic E-state index is 12.9. The van der Waals surface area contributed by atoms with Gasteiger partial charge in [0.2, 0.25) is 11.8 Å². The van der Waals surface area contributed by atoms with E-state index in [9.17, 15) is 14.0 Å². The highest BCUT2D eigenvalue weighted by atomic mass is 19.1. The predicted octanol–water partition coefficient (Wildman–Crippen LogP) is 2.78. The minimum atomic E-state index is -0.849. The minimum absolute atomic E-state index is 0.0817. The number of nitrogens with zero attached hydrogens (tertiary/aromatic N) is 1. The number of aromatic nitrogens is 1. The van der Waals surface area contributed by atoms with Gasteiger partial charge in [-0.3, -0.25) is 9.59 Å². The average Bonchev–Trinajstić information content (AvgIpc) is 3.01. The van der Waals surface area contributed by atoms with Gasteiger partial charge in [0, 0.05) is 31.4 Å². The molecule has 0 spiro atoms. The molecule has 0 aliphatic heterocycles. The molecule has 0 aliphatic carbocycles. The molecule has 24 heavy (non-hydrogen) atoms. The van der Waals surface area contributed by atoms with Crippen molar-refractivity contribution in [1.29, 1.82) is 0 Å². The first-order valence-electron chi connectivity index (χ1n) is 7.73. The molecular weight excluding hydrogens is 315 g/mol. The maximum Gasteiger partial charge on any atom is 0.303 e. The second-order valence-corrected chi connectivity index (χ2v) is 5.35. The first-order valence-corrected chi connectivity index (χ1v) is 7.73. The number of carboxylic acid groups (broad SMARTS) is 1. The molecule has 6 nitrogen and oxygen atoms in total. The normalized spacial score (nSPS) is 10.5. The van der Waals surface area contributed by atoms with E-state index in [0.29, 0.717) is 49.4 Å². The van der Waals surface area contributed by atoms with Crippen molar-refractivity contribution in [2.75, 3.05) is 6.54 Å². The minimum Gasteiger partial charge on any atom is -0.481 e. The Labute approximate surface area is 138 Å². The Morgan fingerprint density at radius 1 is 1.17 bits per heavy atom. The van der Waals surface area contributed by atoms with Crippen molar-refractivity contribution in [2.24, 2.45) is 0 Å². The molecule has 0 unspecified atom stereocenters. The molecule has 2 N–H and O–H groups in total. The van der Waals surface area contributed by atoms with E-state index in [1.54, 1.807) is 12.1 Å². The summed E-state index contributed by atoms with van der Waals surface area (Å²) >= 11 is 0. The molecule has 2 aromatic rings. The first-order chi connectivity index (χ1) is 11.5. The average molecular weight is 334 g/mol. The van der Waals surface area contributed by atoms with Crippen LogP contribution in [0.1, 0.15) is 31.4 Å². The maximum atomic E-state index is 12.9. The predicted molar refractivity (Wildman–Crippen MR) is 84.7 cm³/mol. The molecule has 0 fully saturated rings. The van der Waals surface area contributed by atoms with Gasteiger partial charge < -0.3 is 14.8 Å². The zero-order valence-corrected chi connectivity index (χ0v) is 13.1. The fraction of sp³-hybridized carbons (Fsp3) is 0.353. The summed E-state index contributed by atoms with van der Waals surface area (Å²) in [7, 11) is 0. The van der Waals surface area contributed by atoms with Crippen LogP contribution in [0, 0.1) is 5.82 Å². The van der Waals surface area contributed by atoms with Gasteiger partial charge in [-0.05, 0) is 37.1 Å². The number of nitrogens with one attached hydrogen (secondary N) is 1. The molecule has 128 valence electrons. The lowest BCUT2D eigenvalue weighted by Crippen LogP contribution is -2.25. The Morgan fingerprint density at radius 3 is 2.58 bits per heavy atom. The lowest BCUT2D eigenvalue weighted by molar-refractivity contribution is -0.137. The number of aliphatic carboxylic acids is 1. The molecule has 1 heterocycles. The Hall–Kier alpha value is -2.70. The van der Waals surface area contributed by atoms with Crippen LogP contribution in [0.4, 0.5) is 4.39 Å². The van der Waals surface area contributed by atoms with Crippen LogP contribution in [-0.4, -0.2) is 28.5 Å². The number of benzene rings is 1. The summed E-state index contributed by atoms with van der Waals surface area (Å²) in [6.45, 7) is 0.424. The van der Waals surface area contributed by atoms with E-state index >= 15 is 0 Å². The van der Waals surface area contributed by atoms with E-state index in [2.05, 4.69) is 10.3 Å². The van der Waals surface area contributed by atoms with E-state index in [1.165, 1.54) is 18.4 Å². The fourth-order valence-electron chi connectivity index (χ4n) is 2.13. The van der Waals surface area contributed by atoms with Crippen molar-refractivity contribution in [1.82, 2.24) is 10.3 Å². The Balaban J connectivity index is 1.70. The number of oxazole rings is 1. The van der Waals surface area contributed by atoms with Crippen LogP contribution in [-0.2, 0) is 16.0 Å². The molecule has 0 saturated heterocycles. The van der Waals surface area contributed by atoms with Gasteiger partial charge in [-0.15, -0.1) is 0 Å². The Morgan fingerprint density at radius 2 is 1.88 bits per heavy atom. The summed E-state index contributed by atoms with van der Waals surface area (Å²) < 4.78 is 18.2. The number of amides is 1. The van der Waals surface area contributed by atoms with E-state index in [-0.39, 0.29) is 18.1 Å². The van der Waals surface area contributed by atoms with Crippen LogP contribution >= 0.6 is 0 Å². The third-order valence-electron chi connectivity index (χ3n) is 3.39. The summed E-state index contributed by atoms with van der Waals surface area (Å²) in [6, 6.07) is 5.85. The van der Waals surface area contributed by atoms with Crippen molar-refractivity contribution in [3.63, 3.8) is 0 Å². The van der Waals surface area contributed by atoms with Gasteiger partial charge in [-0.25, -0.2) is 9.37 Å². The lowest BCUT2D eigenvalue weighted by atomic mass is 10.2. The summed E-state index contributed by atoms with van der Waals surface area (Å²) in [5, 5.41) is 11.3. The third kappa shape index (κ3) is 5.83. The van der Waals surface area contributed by atoms with Gasteiger partial charge in [0.25, 0.3) is 0 Å². The standard InChI is InChI=1S/C17H19FN2O4/c18-13-7-5-12(6-8-13)17-20-14(11-24-17)9-10-19-15(21)3-1-2-4-16(22)23/h5-8,11H,1-4,9-10H2,(H,19,21)(H,22,23). The molecule has 0 bridgehead atoms. The first kappa shape index (κ1) is 17.7. The van der Waals surface area contributed by atoms with Crippen LogP contribution < -0.4 is 5.32 Å². The second-order valence-electron chi connectivity index (χ2n) is 5.35. The number of hydrogen-bond acceptors (Lipinski definition) is 4. The van der Waals surface area contributed by atoms with Crippen LogP contribution in [0.15, 0.2) is 34.9 Å². The van der Waals surface area contributed by atoms with Gasteiger partial charge in [-0.2, -0.15) is 0 Å². The van der Waals surface area contributed by atoms with Crippen molar-refractivity contribution in [2.45, 2.75) is 32.1 Å². The van der Waals surface area contributed by atoms with E-state index < -0.39 is 5.97 Å². The highest BCUT2D eigenvalue weighted by Crippen LogP contribution is 2.18. The van der Waals surface area contributed by atoms with E-state index in [4.69, 9.17) is 9.52 Å². The van der Waals surface area contributed by atoms with E-state index in [1.807, 2.05) is 0 Å². The molecule has 0 radical (unpaired) electrons. The highest BCUT2D eigenvalue weighted by molar-refractivity contribution is 5.75. The molecule has 7 heteroatoms. The molecule has 1 aromatic carbocycles. The number of unbranched alkanes of at least 4 members (excludes halogenated alkanes) is 1. The molecule has 0 aliphatic rings. The summed E-state index contributed by atoms with van der Waals surface area (Å²) in [5.41, 5.74) is 1.38. The van der Waals surface area contributed by atoms with Crippen molar-refractivity contribution >= 4 is 11.9 Å². The van der Waals surface area contributed by atoms with Crippen LogP contribution in [0.2, 0.25) is 0 Å². The summed E-state index contributed by atoms with van der Waals surface area (Å²) in [5.74, 6) is -0.873. The molecule has 0 saturated carbocycles. The zero-order chi connectivity index (χ0) is 17.4. The largest absolute Gasteiger partial charge is 0.481 e. The van der Waals surface area contributed by atoms with Gasteiger partial charge in [0.15, 0.2) is 0 Å². The molecule has 0 atom stereocenters. The lowest BCUT2D eigenvalue weighted by Gasteiger charge is -2.03. The summed E-state index contributed by atoms with van der Waals surface area (Å²) in [6.07, 6.45) is 3.47. The number of carboxylic acids is 1. The van der Waals surface area contributed by atoms with Crippen molar-refractivity contribution in [3.8, 4) is 11.5 Å². The SMILES string of the molecule is O=C(O)CCCCC(=O)NCCc1coc(-c2ccc(F)cc2)n1. The monoisotopic (exact) mass is 334 g/mol. The van der Waals surface area contributed by atoms with Gasteiger partial charge >= 0.3 is 5.97 Å². The van der Waals surface area contributed by atoms with E-state index in [0.717, 1.165) is 0 Å². The fourth-order valence-corrected chi connectivity index (χ4v) is 2.13. The molecule has 2 rings (SSSR count). The van der Waals surface area contributed by atoms with Crippen molar-refractivity contribution in [3.05, 3.63) is 42.0 Å². The highest BCUT2D eigenvalue weighted by Gasteiger charge is 2.08. The van der Waals surface area contributed by atoms with Gasteiger partial charge in [-0.1, -0.05) is 0 Å². The van der Waals surface area contributed by atoms with Crippen molar-refractivity contribution < 1.29 is 23.5 Å². The number of carbonyl (C=O) groups is 2. The topological polar surface area (TPSA) is 92.4 Å². The number of carbonyl (C=O) groups excluding carboxylic acids is 1. The smallest absolute Gasteiger partial charge is 0.303 e. The Bertz CT molecular complexity index is 682. The Kier molecular flexibility index (Phi) is 6.48. The summed E-state index contributed by atoms with van der Waals surface area (Å²) in [4.78, 5) is 26.3.